The standard InChI is InChI=1S/C29H22F3N9O2/c1-38-13-8-19(37-38)9-14-39(24-3-2-12-40-25(24)7-11-34-40)26-16-21(31)23(15-22(26)32)36-28(42)20-6-10-35-41(29(20)43)27-5-4-18(30)17-33-27/h2-8,10-13,15-17H,9,14H2,1H3,(H,36,42). The van der Waals surface area contributed by atoms with Crippen LogP contribution in [0.25, 0.3) is 11.3 Å². The number of hydrogen-bond donors (Lipinski definition) is 1. The first-order valence-electron chi connectivity index (χ1n) is 13.0. The highest BCUT2D eigenvalue weighted by atomic mass is 19.1. The van der Waals surface area contributed by atoms with Crippen LogP contribution in [0.2, 0.25) is 0 Å². The number of rotatable bonds is 8. The number of carbonyl (C=O) groups is 1. The summed E-state index contributed by atoms with van der Waals surface area (Å²) in [5, 5.41) is 14.7. The Hall–Kier alpha value is -5.79. The van der Waals surface area contributed by atoms with Crippen LogP contribution < -0.4 is 15.8 Å². The Morgan fingerprint density at radius 2 is 1.79 bits per heavy atom. The van der Waals surface area contributed by atoms with Gasteiger partial charge in [-0.1, -0.05) is 0 Å². The van der Waals surface area contributed by atoms with Crippen molar-refractivity contribution >= 4 is 28.5 Å². The van der Waals surface area contributed by atoms with Gasteiger partial charge in [-0.3, -0.25) is 14.3 Å². The van der Waals surface area contributed by atoms with Gasteiger partial charge in [0.1, 0.15) is 23.0 Å². The first-order chi connectivity index (χ1) is 20.8. The number of nitrogens with one attached hydrogen (secondary N) is 1. The molecule has 0 aliphatic heterocycles. The van der Waals surface area contributed by atoms with E-state index in [9.17, 15) is 14.0 Å². The van der Waals surface area contributed by atoms with Crippen LogP contribution in [-0.4, -0.2) is 46.6 Å². The second kappa shape index (κ2) is 11.2. The monoisotopic (exact) mass is 585 g/mol. The van der Waals surface area contributed by atoms with Crippen LogP contribution in [0, 0.1) is 17.5 Å². The van der Waals surface area contributed by atoms with Gasteiger partial charge in [0, 0.05) is 50.7 Å². The van der Waals surface area contributed by atoms with Crippen LogP contribution >= 0.6 is 0 Å². The van der Waals surface area contributed by atoms with E-state index in [1.165, 1.54) is 6.07 Å². The van der Waals surface area contributed by atoms with Crippen LogP contribution in [0.3, 0.4) is 0 Å². The summed E-state index contributed by atoms with van der Waals surface area (Å²) >= 11 is 0. The Balaban J connectivity index is 1.32. The molecule has 0 aliphatic rings. The van der Waals surface area contributed by atoms with E-state index in [4.69, 9.17) is 0 Å². The van der Waals surface area contributed by atoms with Gasteiger partial charge >= 0.3 is 0 Å². The number of nitrogens with zero attached hydrogens (tertiary/aromatic N) is 8. The van der Waals surface area contributed by atoms with Crippen LogP contribution in [0.4, 0.5) is 30.2 Å². The summed E-state index contributed by atoms with van der Waals surface area (Å²) in [4.78, 5) is 31.3. The van der Waals surface area contributed by atoms with Gasteiger partial charge in [-0.05, 0) is 42.5 Å². The molecule has 0 fully saturated rings. The Labute approximate surface area is 241 Å². The molecule has 5 heterocycles. The molecule has 5 aromatic heterocycles. The molecule has 1 N–H and O–H groups in total. The third kappa shape index (κ3) is 5.45. The molecule has 0 saturated heterocycles. The van der Waals surface area contributed by atoms with Crippen molar-refractivity contribution in [1.29, 1.82) is 0 Å². The Morgan fingerprint density at radius 3 is 2.56 bits per heavy atom. The quantitative estimate of drug-likeness (QED) is 0.287. The molecule has 216 valence electrons. The molecule has 14 heteroatoms. The molecule has 6 aromatic rings. The summed E-state index contributed by atoms with van der Waals surface area (Å²) in [6.45, 7) is 0.248. The number of aromatic nitrogens is 7. The number of amides is 1. The number of anilines is 3. The second-order valence-electron chi connectivity index (χ2n) is 9.47. The van der Waals surface area contributed by atoms with Crippen LogP contribution in [0.5, 0.6) is 0 Å². The van der Waals surface area contributed by atoms with E-state index in [0.29, 0.717) is 17.6 Å². The third-order valence-electron chi connectivity index (χ3n) is 6.66. The van der Waals surface area contributed by atoms with Gasteiger partial charge in [-0.2, -0.15) is 20.0 Å². The fourth-order valence-corrected chi connectivity index (χ4v) is 4.63. The molecule has 1 amide bonds. The second-order valence-corrected chi connectivity index (χ2v) is 9.47. The van der Waals surface area contributed by atoms with Crippen molar-refractivity contribution in [2.75, 3.05) is 16.8 Å². The van der Waals surface area contributed by atoms with E-state index in [2.05, 4.69) is 25.6 Å². The van der Waals surface area contributed by atoms with E-state index in [1.807, 2.05) is 6.07 Å². The van der Waals surface area contributed by atoms with Crippen molar-refractivity contribution in [2.24, 2.45) is 7.05 Å². The summed E-state index contributed by atoms with van der Waals surface area (Å²) in [6.07, 6.45) is 7.62. The van der Waals surface area contributed by atoms with Gasteiger partial charge in [0.05, 0.1) is 40.7 Å². The zero-order valence-corrected chi connectivity index (χ0v) is 22.5. The molecule has 0 radical (unpaired) electrons. The van der Waals surface area contributed by atoms with Crippen molar-refractivity contribution in [1.82, 2.24) is 34.2 Å². The molecule has 0 aliphatic carbocycles. The number of pyridine rings is 2. The maximum absolute atomic E-state index is 15.8. The van der Waals surface area contributed by atoms with E-state index in [1.54, 1.807) is 57.9 Å². The van der Waals surface area contributed by atoms with E-state index >= 15 is 8.78 Å². The smallest absolute Gasteiger partial charge is 0.285 e. The molecule has 0 atom stereocenters. The van der Waals surface area contributed by atoms with Crippen LogP contribution in [0.1, 0.15) is 16.1 Å². The Kier molecular flexibility index (Phi) is 7.15. The molecule has 43 heavy (non-hydrogen) atoms. The predicted molar refractivity (Wildman–Crippen MR) is 151 cm³/mol. The minimum Gasteiger partial charge on any atom is -0.337 e. The average molecular weight is 586 g/mol. The molecule has 0 spiro atoms. The molecule has 0 bridgehead atoms. The van der Waals surface area contributed by atoms with Crippen molar-refractivity contribution in [3.05, 3.63) is 125 Å². The molecular formula is C29H22F3N9O2. The van der Waals surface area contributed by atoms with Crippen molar-refractivity contribution in [3.63, 3.8) is 0 Å². The van der Waals surface area contributed by atoms with Crippen LogP contribution in [0.15, 0.2) is 90.4 Å². The topological polar surface area (TPSA) is 115 Å². The first kappa shape index (κ1) is 27.4. The van der Waals surface area contributed by atoms with Gasteiger partial charge in [0.25, 0.3) is 11.5 Å². The van der Waals surface area contributed by atoms with E-state index in [0.717, 1.165) is 47.0 Å². The van der Waals surface area contributed by atoms with E-state index < -0.39 is 40.2 Å². The zero-order chi connectivity index (χ0) is 30.1. The number of halogens is 3. The average Bonchev–Trinajstić information content (AvgIpc) is 3.65. The fourth-order valence-electron chi connectivity index (χ4n) is 4.63. The maximum Gasteiger partial charge on any atom is 0.285 e. The van der Waals surface area contributed by atoms with Crippen molar-refractivity contribution in [2.45, 2.75) is 6.42 Å². The largest absolute Gasteiger partial charge is 0.337 e. The lowest BCUT2D eigenvalue weighted by atomic mass is 10.1. The van der Waals surface area contributed by atoms with Gasteiger partial charge in [-0.25, -0.2) is 22.7 Å². The van der Waals surface area contributed by atoms with Gasteiger partial charge < -0.3 is 10.2 Å². The normalized spacial score (nSPS) is 11.2. The van der Waals surface area contributed by atoms with Crippen molar-refractivity contribution < 1.29 is 18.0 Å². The van der Waals surface area contributed by atoms with Gasteiger partial charge in [-0.15, -0.1) is 0 Å². The van der Waals surface area contributed by atoms with E-state index in [-0.39, 0.29) is 18.1 Å². The highest BCUT2D eigenvalue weighted by Gasteiger charge is 2.22. The summed E-state index contributed by atoms with van der Waals surface area (Å²) in [5.74, 6) is -3.39. The summed E-state index contributed by atoms with van der Waals surface area (Å²) < 4.78 is 48.6. The molecule has 11 nitrogen and oxygen atoms in total. The lowest BCUT2D eigenvalue weighted by molar-refractivity contribution is 0.102. The molecule has 0 saturated carbocycles. The lowest BCUT2D eigenvalue weighted by Gasteiger charge is -2.26. The zero-order valence-electron chi connectivity index (χ0n) is 22.5. The minimum absolute atomic E-state index is 0.0263. The number of carbonyl (C=O) groups excluding carboxylic acids is 1. The van der Waals surface area contributed by atoms with Crippen LogP contribution in [-0.2, 0) is 13.5 Å². The van der Waals surface area contributed by atoms with Gasteiger partial charge in [0.2, 0.25) is 0 Å². The van der Waals surface area contributed by atoms with Crippen molar-refractivity contribution in [3.8, 4) is 5.82 Å². The molecule has 6 rings (SSSR count). The summed E-state index contributed by atoms with van der Waals surface area (Å²) in [6, 6.07) is 12.4. The SMILES string of the molecule is Cn1ccc(CCN(c2cc(F)c(NC(=O)c3ccnn(-c4ccc(F)cn4)c3=O)cc2F)c2cccn3nccc23)n1. The highest BCUT2D eigenvalue weighted by molar-refractivity contribution is 6.04. The third-order valence-corrected chi connectivity index (χ3v) is 6.66. The predicted octanol–water partition coefficient (Wildman–Crippen LogP) is 4.06. The molecular weight excluding hydrogens is 563 g/mol. The highest BCUT2D eigenvalue weighted by Crippen LogP contribution is 2.34. The molecule has 1 aromatic carbocycles. The number of aryl methyl sites for hydroxylation is 1. The molecule has 0 unspecified atom stereocenters. The summed E-state index contributed by atoms with van der Waals surface area (Å²) in [5.41, 5.74) is 0.177. The Morgan fingerprint density at radius 1 is 0.953 bits per heavy atom. The summed E-state index contributed by atoms with van der Waals surface area (Å²) in [7, 11) is 1.79. The fraction of sp³-hybridized carbons (Fsp3) is 0.103. The number of benzene rings is 1. The maximum atomic E-state index is 15.8. The first-order valence-corrected chi connectivity index (χ1v) is 13.0. The number of hydrogen-bond acceptors (Lipinski definition) is 7. The number of fused-ring (bicyclic) bond motifs is 1. The minimum atomic E-state index is -0.995. The Bertz CT molecular complexity index is 2020. The van der Waals surface area contributed by atoms with Gasteiger partial charge in [0.15, 0.2) is 5.82 Å². The lowest BCUT2D eigenvalue weighted by Crippen LogP contribution is -2.30.